The third-order valence-corrected chi connectivity index (χ3v) is 3.29. The van der Waals surface area contributed by atoms with E-state index in [1.54, 1.807) is 18.2 Å². The molecule has 0 saturated heterocycles. The highest BCUT2D eigenvalue weighted by molar-refractivity contribution is 6.10. The number of hydrogen-bond donors (Lipinski definition) is 2. The van der Waals surface area contributed by atoms with Crippen LogP contribution in [0.5, 0.6) is 11.5 Å². The normalized spacial score (nSPS) is 21.7. The topological polar surface area (TPSA) is 83.8 Å². The molecule has 5 nitrogen and oxygen atoms in total. The Bertz CT molecular complexity index is 615. The van der Waals surface area contributed by atoms with Gasteiger partial charge in [0, 0.05) is 6.42 Å². The number of aliphatic hydroxyl groups is 1. The van der Waals surface area contributed by atoms with Crippen LogP contribution in [0.1, 0.15) is 12.0 Å². The number of Topliss-reactive ketones (excluding diaryl/α,β-unsaturated/α-hetero) is 1. The van der Waals surface area contributed by atoms with E-state index in [1.165, 1.54) is 31.4 Å². The highest BCUT2D eigenvalue weighted by atomic mass is 16.5. The van der Waals surface area contributed by atoms with E-state index < -0.39 is 17.8 Å². The number of allylic oxidation sites excluding steroid dienone is 2. The summed E-state index contributed by atoms with van der Waals surface area (Å²) in [6.45, 7) is 0. The van der Waals surface area contributed by atoms with E-state index >= 15 is 0 Å². The van der Waals surface area contributed by atoms with E-state index in [4.69, 9.17) is 4.74 Å². The summed E-state index contributed by atoms with van der Waals surface area (Å²) in [4.78, 5) is 23.7. The summed E-state index contributed by atoms with van der Waals surface area (Å²) in [5.74, 6) is -1.47. The first-order valence-electron chi connectivity index (χ1n) is 6.49. The standard InChI is InChI=1S/C16H16O5/c1-21-15-9-10(5-7-11(15)17)6-8-14(20)16-12(18)3-2-4-13(16)19/h2-3,5-9,12,16-18H,4H2,1H3. The van der Waals surface area contributed by atoms with Crippen LogP contribution in [0.15, 0.2) is 36.4 Å². The molecule has 0 aliphatic heterocycles. The van der Waals surface area contributed by atoms with Crippen LogP contribution in [0.25, 0.3) is 6.08 Å². The Morgan fingerprint density at radius 1 is 1.43 bits per heavy atom. The summed E-state index contributed by atoms with van der Waals surface area (Å²) in [5.41, 5.74) is 0.645. The maximum Gasteiger partial charge on any atom is 0.169 e. The van der Waals surface area contributed by atoms with Crippen LogP contribution in [0, 0.1) is 5.92 Å². The van der Waals surface area contributed by atoms with Crippen LogP contribution >= 0.6 is 0 Å². The number of hydrogen-bond acceptors (Lipinski definition) is 5. The fourth-order valence-corrected chi connectivity index (χ4v) is 2.16. The number of phenolic OH excluding ortho intramolecular Hbond substituents is 1. The maximum atomic E-state index is 12.0. The van der Waals surface area contributed by atoms with Gasteiger partial charge in [-0.2, -0.15) is 0 Å². The van der Waals surface area contributed by atoms with E-state index in [0.717, 1.165) is 0 Å². The van der Waals surface area contributed by atoms with Gasteiger partial charge in [0.2, 0.25) is 0 Å². The predicted octanol–water partition coefficient (Wildman–Crippen LogP) is 1.49. The minimum atomic E-state index is -1.07. The first-order chi connectivity index (χ1) is 10.0. The number of benzene rings is 1. The fraction of sp³-hybridized carbons (Fsp3) is 0.250. The zero-order valence-electron chi connectivity index (χ0n) is 11.5. The molecule has 0 heterocycles. The van der Waals surface area contributed by atoms with Crippen molar-refractivity contribution in [2.24, 2.45) is 5.92 Å². The highest BCUT2D eigenvalue weighted by Crippen LogP contribution is 2.27. The number of aliphatic hydroxyl groups excluding tert-OH is 1. The minimum absolute atomic E-state index is 0.00370. The Morgan fingerprint density at radius 2 is 2.19 bits per heavy atom. The highest BCUT2D eigenvalue weighted by Gasteiger charge is 2.32. The monoisotopic (exact) mass is 288 g/mol. The molecule has 0 aromatic heterocycles. The summed E-state index contributed by atoms with van der Waals surface area (Å²) in [6, 6.07) is 4.63. The summed E-state index contributed by atoms with van der Waals surface area (Å²) in [6.07, 6.45) is 4.89. The van der Waals surface area contributed by atoms with Gasteiger partial charge in [-0.1, -0.05) is 24.3 Å². The summed E-state index contributed by atoms with van der Waals surface area (Å²) < 4.78 is 4.97. The average Bonchev–Trinajstić information content (AvgIpc) is 2.46. The van der Waals surface area contributed by atoms with Crippen molar-refractivity contribution in [3.63, 3.8) is 0 Å². The Morgan fingerprint density at radius 3 is 2.86 bits per heavy atom. The van der Waals surface area contributed by atoms with Crippen LogP contribution in [-0.2, 0) is 9.59 Å². The summed E-state index contributed by atoms with van der Waals surface area (Å²) >= 11 is 0. The molecule has 2 atom stereocenters. The zero-order chi connectivity index (χ0) is 15.4. The Labute approximate surface area is 122 Å². The van der Waals surface area contributed by atoms with Gasteiger partial charge in [-0.05, 0) is 23.8 Å². The van der Waals surface area contributed by atoms with Gasteiger partial charge in [0.15, 0.2) is 17.3 Å². The van der Waals surface area contributed by atoms with Crippen LogP contribution in [0.2, 0.25) is 0 Å². The van der Waals surface area contributed by atoms with Crippen molar-refractivity contribution in [3.05, 3.63) is 42.0 Å². The van der Waals surface area contributed by atoms with Gasteiger partial charge in [0.25, 0.3) is 0 Å². The Balaban J connectivity index is 2.15. The van der Waals surface area contributed by atoms with Crippen molar-refractivity contribution in [3.8, 4) is 11.5 Å². The fourth-order valence-electron chi connectivity index (χ4n) is 2.16. The van der Waals surface area contributed by atoms with Crippen molar-refractivity contribution < 1.29 is 24.5 Å². The number of carbonyl (C=O) groups is 2. The first kappa shape index (κ1) is 15.0. The van der Waals surface area contributed by atoms with E-state index in [9.17, 15) is 19.8 Å². The smallest absolute Gasteiger partial charge is 0.169 e. The molecule has 0 saturated carbocycles. The van der Waals surface area contributed by atoms with Gasteiger partial charge in [0.05, 0.1) is 13.2 Å². The molecule has 2 rings (SSSR count). The molecule has 1 aromatic carbocycles. The SMILES string of the molecule is COc1cc(C=CC(=O)C2C(=O)CC=CC2O)ccc1O. The average molecular weight is 288 g/mol. The molecule has 1 aliphatic rings. The van der Waals surface area contributed by atoms with Gasteiger partial charge in [-0.25, -0.2) is 0 Å². The molecule has 2 N–H and O–H groups in total. The van der Waals surface area contributed by atoms with Crippen LogP contribution < -0.4 is 4.74 Å². The third kappa shape index (κ3) is 3.38. The largest absolute Gasteiger partial charge is 0.504 e. The second kappa shape index (κ2) is 6.37. The Kier molecular flexibility index (Phi) is 4.55. The molecule has 0 spiro atoms. The Hall–Kier alpha value is -2.40. The number of rotatable bonds is 4. The van der Waals surface area contributed by atoms with E-state index in [2.05, 4.69) is 0 Å². The van der Waals surface area contributed by atoms with Crippen LogP contribution in [0.3, 0.4) is 0 Å². The lowest BCUT2D eigenvalue weighted by atomic mass is 9.86. The molecule has 1 aromatic rings. The number of phenols is 1. The van der Waals surface area contributed by atoms with Crippen molar-refractivity contribution in [2.45, 2.75) is 12.5 Å². The number of aromatic hydroxyl groups is 1. The molecule has 0 radical (unpaired) electrons. The van der Waals surface area contributed by atoms with E-state index in [1.807, 2.05) is 0 Å². The molecular formula is C16H16O5. The third-order valence-electron chi connectivity index (χ3n) is 3.29. The van der Waals surface area contributed by atoms with Gasteiger partial charge in [-0.3, -0.25) is 9.59 Å². The first-order valence-corrected chi connectivity index (χ1v) is 6.49. The number of ketones is 2. The molecule has 0 amide bonds. The molecule has 21 heavy (non-hydrogen) atoms. The lowest BCUT2D eigenvalue weighted by molar-refractivity contribution is -0.133. The van der Waals surface area contributed by atoms with Crippen molar-refractivity contribution >= 4 is 17.6 Å². The quantitative estimate of drug-likeness (QED) is 0.498. The summed E-state index contributed by atoms with van der Waals surface area (Å²) in [5, 5.41) is 19.2. The summed E-state index contributed by atoms with van der Waals surface area (Å²) in [7, 11) is 1.43. The molecule has 2 unspecified atom stereocenters. The predicted molar refractivity (Wildman–Crippen MR) is 77.0 cm³/mol. The second-order valence-electron chi connectivity index (χ2n) is 4.73. The molecular weight excluding hydrogens is 272 g/mol. The maximum absolute atomic E-state index is 12.0. The lowest BCUT2D eigenvalue weighted by Gasteiger charge is -2.19. The molecule has 0 bridgehead atoms. The van der Waals surface area contributed by atoms with E-state index in [0.29, 0.717) is 11.3 Å². The van der Waals surface area contributed by atoms with Crippen molar-refractivity contribution in [2.75, 3.05) is 7.11 Å². The van der Waals surface area contributed by atoms with Crippen LogP contribution in [0.4, 0.5) is 0 Å². The van der Waals surface area contributed by atoms with Crippen molar-refractivity contribution in [1.82, 2.24) is 0 Å². The van der Waals surface area contributed by atoms with Gasteiger partial charge in [0.1, 0.15) is 11.7 Å². The molecule has 1 aliphatic carbocycles. The molecule has 0 fully saturated rings. The van der Waals surface area contributed by atoms with E-state index in [-0.39, 0.29) is 18.0 Å². The number of methoxy groups -OCH3 is 1. The number of ether oxygens (including phenoxy) is 1. The van der Waals surface area contributed by atoms with Crippen LogP contribution in [-0.4, -0.2) is 35.0 Å². The minimum Gasteiger partial charge on any atom is -0.504 e. The van der Waals surface area contributed by atoms with Gasteiger partial charge < -0.3 is 14.9 Å². The van der Waals surface area contributed by atoms with Gasteiger partial charge >= 0.3 is 0 Å². The lowest BCUT2D eigenvalue weighted by Crippen LogP contribution is -2.35. The van der Waals surface area contributed by atoms with Crippen molar-refractivity contribution in [1.29, 1.82) is 0 Å². The molecule has 110 valence electrons. The second-order valence-corrected chi connectivity index (χ2v) is 4.73. The molecule has 5 heteroatoms. The number of carbonyl (C=O) groups excluding carboxylic acids is 2. The van der Waals surface area contributed by atoms with Gasteiger partial charge in [-0.15, -0.1) is 0 Å². The zero-order valence-corrected chi connectivity index (χ0v) is 11.5.